The number of aromatic nitrogens is 1. The van der Waals surface area contributed by atoms with E-state index in [1.165, 1.54) is 18.2 Å². The molecule has 1 aromatic heterocycles. The molecular weight excluding hydrogens is 321 g/mol. The number of nitrogens with zero attached hydrogens (tertiary/aromatic N) is 1. The number of pyridine rings is 1. The molecule has 0 aliphatic heterocycles. The summed E-state index contributed by atoms with van der Waals surface area (Å²) in [6.07, 6.45) is 0. The van der Waals surface area contributed by atoms with E-state index in [4.69, 9.17) is 0 Å². The average Bonchev–Trinajstić information content (AvgIpc) is 2.46. The zero-order chi connectivity index (χ0) is 14.1. The largest absolute Gasteiger partial charge is 0.287 e. The van der Waals surface area contributed by atoms with Crippen molar-refractivity contribution >= 4 is 32.6 Å². The average molecular weight is 330 g/mol. The van der Waals surface area contributed by atoms with E-state index in [-0.39, 0.29) is 17.0 Å². The Labute approximate surface area is 123 Å². The number of para-hydroxylation sites is 1. The molecule has 0 atom stereocenters. The van der Waals surface area contributed by atoms with Crippen LogP contribution in [-0.4, -0.2) is 10.8 Å². The Balaban J connectivity index is 2.14. The summed E-state index contributed by atoms with van der Waals surface area (Å²) in [6, 6.07) is 15.0. The first-order valence-electron chi connectivity index (χ1n) is 6.01. The minimum Gasteiger partial charge on any atom is -0.287 e. The third kappa shape index (κ3) is 2.34. The van der Waals surface area contributed by atoms with Crippen molar-refractivity contribution in [3.05, 3.63) is 76.1 Å². The van der Waals surface area contributed by atoms with Gasteiger partial charge in [-0.1, -0.05) is 30.3 Å². The van der Waals surface area contributed by atoms with Gasteiger partial charge in [0.1, 0.15) is 11.5 Å². The van der Waals surface area contributed by atoms with Gasteiger partial charge >= 0.3 is 0 Å². The van der Waals surface area contributed by atoms with Gasteiger partial charge in [0.05, 0.1) is 5.52 Å². The van der Waals surface area contributed by atoms with E-state index < -0.39 is 5.82 Å². The van der Waals surface area contributed by atoms with E-state index in [2.05, 4.69) is 20.9 Å². The number of hydrogen-bond acceptors (Lipinski definition) is 2. The molecule has 0 bridgehead atoms. The van der Waals surface area contributed by atoms with Gasteiger partial charge in [-0.15, -0.1) is 0 Å². The van der Waals surface area contributed by atoms with Crippen LogP contribution in [-0.2, 0) is 0 Å². The predicted octanol–water partition coefficient (Wildman–Crippen LogP) is 4.37. The molecular formula is C16H9BrFNO. The van der Waals surface area contributed by atoms with E-state index in [1.54, 1.807) is 6.07 Å². The monoisotopic (exact) mass is 329 g/mol. The molecule has 20 heavy (non-hydrogen) atoms. The topological polar surface area (TPSA) is 30.0 Å². The lowest BCUT2D eigenvalue weighted by Crippen LogP contribution is -2.05. The van der Waals surface area contributed by atoms with Gasteiger partial charge in [0.15, 0.2) is 0 Å². The van der Waals surface area contributed by atoms with Gasteiger partial charge in [-0.3, -0.25) is 4.79 Å². The van der Waals surface area contributed by atoms with Crippen LogP contribution < -0.4 is 0 Å². The fourth-order valence-corrected chi connectivity index (χ4v) is 2.53. The molecule has 0 aliphatic rings. The van der Waals surface area contributed by atoms with Crippen LogP contribution in [0.3, 0.4) is 0 Å². The summed E-state index contributed by atoms with van der Waals surface area (Å²) in [6.45, 7) is 0. The Kier molecular flexibility index (Phi) is 3.32. The molecule has 2 aromatic carbocycles. The summed E-state index contributed by atoms with van der Waals surface area (Å²) in [7, 11) is 0. The van der Waals surface area contributed by atoms with E-state index in [1.807, 2.05) is 30.3 Å². The molecule has 3 aromatic rings. The third-order valence-corrected chi connectivity index (χ3v) is 3.58. The van der Waals surface area contributed by atoms with Gasteiger partial charge in [0, 0.05) is 15.4 Å². The Morgan fingerprint density at radius 1 is 1.05 bits per heavy atom. The van der Waals surface area contributed by atoms with Gasteiger partial charge in [-0.2, -0.15) is 0 Å². The molecule has 1 heterocycles. The van der Waals surface area contributed by atoms with E-state index in [0.29, 0.717) is 4.47 Å². The number of fused-ring (bicyclic) bond motifs is 1. The van der Waals surface area contributed by atoms with Crippen molar-refractivity contribution in [3.8, 4) is 0 Å². The number of hydrogen-bond donors (Lipinski definition) is 0. The summed E-state index contributed by atoms with van der Waals surface area (Å²) in [4.78, 5) is 16.8. The normalized spacial score (nSPS) is 10.7. The Hall–Kier alpha value is -2.07. The summed E-state index contributed by atoms with van der Waals surface area (Å²) >= 11 is 3.36. The highest BCUT2D eigenvalue weighted by Gasteiger charge is 2.15. The minimum atomic E-state index is -0.437. The molecule has 0 spiro atoms. The van der Waals surface area contributed by atoms with Crippen LogP contribution in [0.1, 0.15) is 16.1 Å². The molecule has 0 fully saturated rings. The van der Waals surface area contributed by atoms with E-state index in [0.717, 1.165) is 10.9 Å². The van der Waals surface area contributed by atoms with Crippen LogP contribution in [0.25, 0.3) is 10.9 Å². The second-order valence-electron chi connectivity index (χ2n) is 4.35. The van der Waals surface area contributed by atoms with E-state index in [9.17, 15) is 9.18 Å². The maximum atomic E-state index is 13.2. The first-order chi connectivity index (χ1) is 9.65. The minimum absolute atomic E-state index is 0.286. The first-order valence-corrected chi connectivity index (χ1v) is 6.80. The van der Waals surface area contributed by atoms with Gasteiger partial charge < -0.3 is 0 Å². The maximum Gasteiger partial charge on any atom is 0.212 e. The summed E-state index contributed by atoms with van der Waals surface area (Å²) in [5.74, 6) is -0.741. The number of ketones is 1. The van der Waals surface area contributed by atoms with Crippen molar-refractivity contribution in [2.24, 2.45) is 0 Å². The van der Waals surface area contributed by atoms with Gasteiger partial charge in [-0.05, 0) is 40.2 Å². The van der Waals surface area contributed by atoms with Crippen molar-refractivity contribution in [2.45, 2.75) is 0 Å². The quantitative estimate of drug-likeness (QED) is 0.653. The Morgan fingerprint density at radius 2 is 1.85 bits per heavy atom. The summed E-state index contributed by atoms with van der Waals surface area (Å²) in [5.41, 5.74) is 1.30. The van der Waals surface area contributed by atoms with Crippen molar-refractivity contribution in [2.75, 3.05) is 0 Å². The van der Waals surface area contributed by atoms with Crippen molar-refractivity contribution in [3.63, 3.8) is 0 Å². The molecule has 98 valence electrons. The van der Waals surface area contributed by atoms with Crippen LogP contribution in [0, 0.1) is 5.82 Å². The van der Waals surface area contributed by atoms with Gasteiger partial charge in [0.2, 0.25) is 5.78 Å². The first kappa shape index (κ1) is 12.9. The molecule has 0 unspecified atom stereocenters. The zero-order valence-electron chi connectivity index (χ0n) is 10.3. The van der Waals surface area contributed by atoms with Crippen LogP contribution in [0.15, 0.2) is 59.1 Å². The lowest BCUT2D eigenvalue weighted by Gasteiger charge is -2.05. The molecule has 0 amide bonds. The van der Waals surface area contributed by atoms with Crippen molar-refractivity contribution < 1.29 is 9.18 Å². The SMILES string of the molecule is O=C(c1cccc(F)c1)c1nc2ccccc2cc1Br. The smallest absolute Gasteiger partial charge is 0.212 e. The molecule has 0 N–H and O–H groups in total. The highest BCUT2D eigenvalue weighted by molar-refractivity contribution is 9.10. The standard InChI is InChI=1S/C16H9BrFNO/c17-13-9-10-4-1-2-7-14(10)19-15(13)16(20)11-5-3-6-12(18)8-11/h1-9H. The molecule has 0 radical (unpaired) electrons. The highest BCUT2D eigenvalue weighted by atomic mass is 79.9. The number of carbonyl (C=O) groups is 1. The Morgan fingerprint density at radius 3 is 2.65 bits per heavy atom. The molecule has 4 heteroatoms. The third-order valence-electron chi connectivity index (χ3n) is 2.98. The number of rotatable bonds is 2. The second-order valence-corrected chi connectivity index (χ2v) is 5.21. The van der Waals surface area contributed by atoms with Gasteiger partial charge in [0.25, 0.3) is 0 Å². The second kappa shape index (κ2) is 5.13. The van der Waals surface area contributed by atoms with Crippen LogP contribution >= 0.6 is 15.9 Å². The Bertz CT molecular complexity index is 816. The number of carbonyl (C=O) groups excluding carboxylic acids is 1. The molecule has 0 saturated heterocycles. The van der Waals surface area contributed by atoms with Crippen LogP contribution in [0.2, 0.25) is 0 Å². The van der Waals surface area contributed by atoms with E-state index >= 15 is 0 Å². The van der Waals surface area contributed by atoms with Gasteiger partial charge in [-0.25, -0.2) is 9.37 Å². The van der Waals surface area contributed by atoms with Crippen LogP contribution in [0.5, 0.6) is 0 Å². The lowest BCUT2D eigenvalue weighted by atomic mass is 10.1. The summed E-state index contributed by atoms with van der Waals surface area (Å²) in [5, 5.41) is 0.940. The number of halogens is 2. The molecule has 3 rings (SSSR count). The summed E-state index contributed by atoms with van der Waals surface area (Å²) < 4.78 is 13.8. The molecule has 2 nitrogen and oxygen atoms in total. The lowest BCUT2D eigenvalue weighted by molar-refractivity contribution is 0.103. The predicted molar refractivity (Wildman–Crippen MR) is 79.3 cm³/mol. The highest BCUT2D eigenvalue weighted by Crippen LogP contribution is 2.23. The fraction of sp³-hybridized carbons (Fsp3) is 0. The van der Waals surface area contributed by atoms with Crippen molar-refractivity contribution in [1.29, 1.82) is 0 Å². The molecule has 0 saturated carbocycles. The molecule has 0 aliphatic carbocycles. The zero-order valence-corrected chi connectivity index (χ0v) is 11.9. The van der Waals surface area contributed by atoms with Crippen molar-refractivity contribution in [1.82, 2.24) is 4.98 Å². The fourth-order valence-electron chi connectivity index (χ4n) is 2.02. The maximum absolute atomic E-state index is 13.2. The van der Waals surface area contributed by atoms with Crippen LogP contribution in [0.4, 0.5) is 4.39 Å². The number of benzene rings is 2.